The molecule has 0 atom stereocenters. The van der Waals surface area contributed by atoms with Gasteiger partial charge < -0.3 is 4.90 Å². The quantitative estimate of drug-likeness (QED) is 0.156. The zero-order valence-electron chi connectivity index (χ0n) is 40.3. The van der Waals surface area contributed by atoms with E-state index in [1.165, 1.54) is 110 Å². The van der Waals surface area contributed by atoms with Crippen LogP contribution >= 0.6 is 0 Å². The van der Waals surface area contributed by atoms with Crippen molar-refractivity contribution in [2.24, 2.45) is 0 Å². The number of benzene rings is 12. The van der Waals surface area contributed by atoms with E-state index in [-0.39, 0.29) is 5.41 Å². The molecule has 12 aromatic carbocycles. The van der Waals surface area contributed by atoms with E-state index in [4.69, 9.17) is 0 Å². The molecule has 0 unspecified atom stereocenters. The maximum absolute atomic E-state index is 2.55. The van der Waals surface area contributed by atoms with Gasteiger partial charge in [-0.3, -0.25) is 0 Å². The van der Waals surface area contributed by atoms with Crippen LogP contribution in [-0.2, 0) is 16.2 Å². The van der Waals surface area contributed by atoms with Gasteiger partial charge in [0.15, 0.2) is 0 Å². The first-order valence-corrected chi connectivity index (χ1v) is 25.4. The Kier molecular flexibility index (Phi) is 8.62. The van der Waals surface area contributed by atoms with Crippen molar-refractivity contribution in [2.45, 2.75) is 30.1 Å². The Morgan fingerprint density at radius 1 is 0.236 bits per heavy atom. The van der Waals surface area contributed by atoms with Crippen LogP contribution in [0.1, 0.15) is 69.5 Å². The van der Waals surface area contributed by atoms with Crippen molar-refractivity contribution in [1.29, 1.82) is 0 Å². The van der Waals surface area contributed by atoms with E-state index in [0.717, 1.165) is 17.1 Å². The smallest absolute Gasteiger partial charge is 0.0720 e. The number of rotatable bonds is 5. The third-order valence-electron chi connectivity index (χ3n) is 17.0. The molecule has 0 radical (unpaired) electrons. The number of hydrogen-bond donors (Lipinski definition) is 0. The lowest BCUT2D eigenvalue weighted by molar-refractivity contribution is 0.623. The van der Waals surface area contributed by atoms with Gasteiger partial charge in [0.05, 0.1) is 10.8 Å². The van der Waals surface area contributed by atoms with E-state index < -0.39 is 10.8 Å². The molecule has 0 bridgehead atoms. The van der Waals surface area contributed by atoms with E-state index in [2.05, 4.69) is 280 Å². The third kappa shape index (κ3) is 5.32. The Bertz CT molecular complexity index is 4070. The summed E-state index contributed by atoms with van der Waals surface area (Å²) in [5.41, 5.74) is 20.3. The third-order valence-corrected chi connectivity index (χ3v) is 17.0. The summed E-state index contributed by atoms with van der Waals surface area (Å²) in [5.74, 6) is 0. The maximum Gasteiger partial charge on any atom is 0.0720 e. The molecule has 0 N–H and O–H groups in total. The Morgan fingerprint density at radius 2 is 0.583 bits per heavy atom. The van der Waals surface area contributed by atoms with Crippen LogP contribution in [0.15, 0.2) is 261 Å². The average Bonchev–Trinajstić information content (AvgIpc) is 3.86. The highest BCUT2D eigenvalue weighted by atomic mass is 15.1. The molecule has 338 valence electrons. The van der Waals surface area contributed by atoms with Crippen LogP contribution < -0.4 is 4.90 Å². The molecule has 0 heterocycles. The minimum Gasteiger partial charge on any atom is -0.310 e. The van der Waals surface area contributed by atoms with Crippen molar-refractivity contribution in [2.75, 3.05) is 4.90 Å². The molecule has 0 saturated heterocycles. The highest BCUT2D eigenvalue weighted by molar-refractivity contribution is 6.25. The van der Waals surface area contributed by atoms with Crippen molar-refractivity contribution in [3.05, 3.63) is 316 Å². The van der Waals surface area contributed by atoms with E-state index in [0.29, 0.717) is 0 Å². The minimum absolute atomic E-state index is 0.171. The second-order valence-corrected chi connectivity index (χ2v) is 20.7. The van der Waals surface area contributed by atoms with Crippen molar-refractivity contribution in [3.63, 3.8) is 0 Å². The fraction of sp³-hybridized carbons (Fsp3) is 0.0704. The lowest BCUT2D eigenvalue weighted by Gasteiger charge is -2.50. The van der Waals surface area contributed by atoms with Gasteiger partial charge >= 0.3 is 0 Å². The molecule has 0 aliphatic heterocycles. The topological polar surface area (TPSA) is 3.24 Å². The lowest BCUT2D eigenvalue weighted by Crippen LogP contribution is -2.44. The SMILES string of the molecule is CC1(C)c2ccccc2-c2ccc(N(c3ccc4c(c3)C3(c5ccccc5-4)c4ccccc4C(c4ccccc4)(c4ccccc4)c4ccccc43)c3ccc4c5ccccc5c5ccccc5c4c3)cc21. The summed E-state index contributed by atoms with van der Waals surface area (Å²) >= 11 is 0. The fourth-order valence-electron chi connectivity index (χ4n) is 14.0. The molecule has 3 aliphatic rings. The molecule has 15 rings (SSSR count). The summed E-state index contributed by atoms with van der Waals surface area (Å²) in [6.45, 7) is 4.77. The number of anilines is 3. The van der Waals surface area contributed by atoms with E-state index in [9.17, 15) is 0 Å². The minimum atomic E-state index is -0.631. The standard InChI is InChI=1S/C71H49N/c1-69(2)61-31-15-13-29-56(61)58-41-38-49(44-67(58)69)72(48-37-40-55-53-27-10-9-25-51(53)52-26-11-12-28-54(52)60(55)43-48)50-39-42-59-57-30-14-16-32-62(57)71(68(59)45-50)65-35-19-17-33-63(65)70(46-21-5-3-6-22-46,47-23-7-4-8-24-47)64-34-18-20-36-66(64)71/h3-45H,1-2H3. The Balaban J connectivity index is 1.03. The molecule has 0 saturated carbocycles. The molecule has 1 spiro atoms. The van der Waals surface area contributed by atoms with Crippen molar-refractivity contribution >= 4 is 49.4 Å². The van der Waals surface area contributed by atoms with Gasteiger partial charge in [-0.2, -0.15) is 0 Å². The van der Waals surface area contributed by atoms with Gasteiger partial charge in [-0.1, -0.05) is 238 Å². The first-order valence-electron chi connectivity index (χ1n) is 25.4. The summed E-state index contributed by atoms with van der Waals surface area (Å²) in [6.07, 6.45) is 0. The van der Waals surface area contributed by atoms with Crippen LogP contribution in [0.4, 0.5) is 17.1 Å². The van der Waals surface area contributed by atoms with Gasteiger partial charge in [0.1, 0.15) is 0 Å². The van der Waals surface area contributed by atoms with Gasteiger partial charge in [-0.05, 0) is 147 Å². The summed E-state index contributed by atoms with van der Waals surface area (Å²) < 4.78 is 0. The second-order valence-electron chi connectivity index (χ2n) is 20.7. The van der Waals surface area contributed by atoms with Crippen LogP contribution in [0.3, 0.4) is 0 Å². The number of hydrogen-bond acceptors (Lipinski definition) is 1. The fourth-order valence-corrected chi connectivity index (χ4v) is 14.0. The molecule has 0 aromatic heterocycles. The predicted molar refractivity (Wildman–Crippen MR) is 300 cm³/mol. The molecule has 12 aromatic rings. The molecule has 0 amide bonds. The van der Waals surface area contributed by atoms with Crippen LogP contribution in [0.2, 0.25) is 0 Å². The first kappa shape index (κ1) is 41.0. The Morgan fingerprint density at radius 3 is 1.12 bits per heavy atom. The molecular formula is C71H49N. The van der Waals surface area contributed by atoms with Crippen molar-refractivity contribution in [1.82, 2.24) is 0 Å². The summed E-state index contributed by atoms with van der Waals surface area (Å²) in [4.78, 5) is 2.54. The van der Waals surface area contributed by atoms with Crippen LogP contribution in [0, 0.1) is 0 Å². The lowest BCUT2D eigenvalue weighted by atomic mass is 9.51. The van der Waals surface area contributed by atoms with Crippen LogP contribution in [0.25, 0.3) is 54.6 Å². The summed E-state index contributed by atoms with van der Waals surface area (Å²) in [7, 11) is 0. The zero-order valence-corrected chi connectivity index (χ0v) is 40.3. The van der Waals surface area contributed by atoms with Gasteiger partial charge in [-0.15, -0.1) is 0 Å². The van der Waals surface area contributed by atoms with Crippen molar-refractivity contribution < 1.29 is 0 Å². The number of nitrogens with zero attached hydrogens (tertiary/aromatic N) is 1. The highest BCUT2D eigenvalue weighted by Gasteiger charge is 2.56. The van der Waals surface area contributed by atoms with E-state index >= 15 is 0 Å². The van der Waals surface area contributed by atoms with Gasteiger partial charge in [0.2, 0.25) is 0 Å². The molecule has 3 aliphatic carbocycles. The zero-order chi connectivity index (χ0) is 47.8. The summed E-state index contributed by atoms with van der Waals surface area (Å²) in [6, 6.07) is 98.9. The average molecular weight is 916 g/mol. The van der Waals surface area contributed by atoms with E-state index in [1.807, 2.05) is 0 Å². The summed E-state index contributed by atoms with van der Waals surface area (Å²) in [5, 5.41) is 7.60. The molecular weight excluding hydrogens is 867 g/mol. The first-order chi connectivity index (χ1) is 35.5. The number of fused-ring (bicyclic) bond motifs is 18. The second kappa shape index (κ2) is 15.1. The monoisotopic (exact) mass is 915 g/mol. The van der Waals surface area contributed by atoms with Crippen molar-refractivity contribution in [3.8, 4) is 22.3 Å². The van der Waals surface area contributed by atoms with Gasteiger partial charge in [0, 0.05) is 22.5 Å². The maximum atomic E-state index is 2.55. The predicted octanol–water partition coefficient (Wildman–Crippen LogP) is 18.0. The molecule has 72 heavy (non-hydrogen) atoms. The van der Waals surface area contributed by atoms with Crippen LogP contribution in [-0.4, -0.2) is 0 Å². The molecule has 0 fully saturated rings. The van der Waals surface area contributed by atoms with E-state index in [1.54, 1.807) is 0 Å². The highest BCUT2D eigenvalue weighted by Crippen LogP contribution is 2.65. The molecule has 1 nitrogen and oxygen atoms in total. The Hall–Kier alpha value is -8.78. The van der Waals surface area contributed by atoms with Gasteiger partial charge in [-0.25, -0.2) is 0 Å². The van der Waals surface area contributed by atoms with Crippen LogP contribution in [0.5, 0.6) is 0 Å². The molecule has 1 heteroatoms. The largest absolute Gasteiger partial charge is 0.310 e. The Labute approximate surface area is 421 Å². The van der Waals surface area contributed by atoms with Gasteiger partial charge in [0.25, 0.3) is 0 Å². The normalized spacial score (nSPS) is 14.9.